The quantitative estimate of drug-likeness (QED) is 0.723. The van der Waals surface area contributed by atoms with Crippen LogP contribution in [-0.4, -0.2) is 60.1 Å². The molecule has 1 saturated heterocycles. The monoisotopic (exact) mass is 445 g/mol. The lowest BCUT2D eigenvalue weighted by Crippen LogP contribution is -2.53. The highest BCUT2D eigenvalue weighted by molar-refractivity contribution is 6.31. The fourth-order valence-electron chi connectivity index (χ4n) is 3.67. The summed E-state index contributed by atoms with van der Waals surface area (Å²) in [6, 6.07) is 5.34. The van der Waals surface area contributed by atoms with Crippen LogP contribution in [0.2, 0.25) is 5.02 Å². The van der Waals surface area contributed by atoms with Crippen LogP contribution in [0.25, 0.3) is 0 Å². The number of piperazine rings is 1. The van der Waals surface area contributed by atoms with Crippen molar-refractivity contribution in [3.8, 4) is 5.75 Å². The Balaban J connectivity index is 1.63. The van der Waals surface area contributed by atoms with Crippen LogP contribution < -0.4 is 15.0 Å². The summed E-state index contributed by atoms with van der Waals surface area (Å²) in [6.45, 7) is 13.3. The van der Waals surface area contributed by atoms with E-state index in [1.807, 2.05) is 32.9 Å². The van der Waals surface area contributed by atoms with Crippen molar-refractivity contribution in [1.82, 2.24) is 14.9 Å². The summed E-state index contributed by atoms with van der Waals surface area (Å²) in [6.07, 6.45) is 0. The van der Waals surface area contributed by atoms with Crippen molar-refractivity contribution < 1.29 is 9.53 Å². The molecular formula is C23H32ClN5O2. The minimum absolute atomic E-state index is 0.0616. The number of aryl methyl sites for hydroxylation is 2. The molecule has 0 radical (unpaired) electrons. The van der Waals surface area contributed by atoms with E-state index in [4.69, 9.17) is 21.3 Å². The van der Waals surface area contributed by atoms with Crippen LogP contribution in [-0.2, 0) is 4.79 Å². The number of aromatic nitrogens is 2. The number of rotatable bonds is 6. The lowest BCUT2D eigenvalue weighted by molar-refractivity contribution is -0.120. The van der Waals surface area contributed by atoms with Gasteiger partial charge in [-0.25, -0.2) is 9.97 Å². The average Bonchev–Trinajstić information content (AvgIpc) is 2.75. The SMILES string of the molecule is COc1cc(Cl)c(C)cc1NC(=O)[C@H](C)N1CCN(c2cc(C)nc(C(C)C)n2)CC1. The number of ether oxygens (including phenoxy) is 1. The molecule has 168 valence electrons. The lowest BCUT2D eigenvalue weighted by atomic mass is 10.1. The van der Waals surface area contributed by atoms with Crippen molar-refractivity contribution in [1.29, 1.82) is 0 Å². The van der Waals surface area contributed by atoms with E-state index >= 15 is 0 Å². The molecule has 1 atom stereocenters. The van der Waals surface area contributed by atoms with Crippen LogP contribution in [0.3, 0.4) is 0 Å². The zero-order valence-corrected chi connectivity index (χ0v) is 20.0. The van der Waals surface area contributed by atoms with Gasteiger partial charge in [-0.2, -0.15) is 0 Å². The summed E-state index contributed by atoms with van der Waals surface area (Å²) in [5.41, 5.74) is 2.51. The molecule has 31 heavy (non-hydrogen) atoms. The van der Waals surface area contributed by atoms with Crippen LogP contribution in [0, 0.1) is 13.8 Å². The summed E-state index contributed by atoms with van der Waals surface area (Å²) >= 11 is 6.17. The van der Waals surface area contributed by atoms with E-state index in [9.17, 15) is 4.79 Å². The molecule has 3 rings (SSSR count). The van der Waals surface area contributed by atoms with Crippen molar-refractivity contribution in [2.45, 2.75) is 46.6 Å². The number of halogens is 1. The number of nitrogens with one attached hydrogen (secondary N) is 1. The second-order valence-electron chi connectivity index (χ2n) is 8.37. The molecule has 2 heterocycles. The van der Waals surface area contributed by atoms with Crippen LogP contribution >= 0.6 is 11.6 Å². The third kappa shape index (κ3) is 5.46. The third-order valence-electron chi connectivity index (χ3n) is 5.68. The number of hydrogen-bond acceptors (Lipinski definition) is 6. The Morgan fingerprint density at radius 3 is 2.39 bits per heavy atom. The van der Waals surface area contributed by atoms with Gasteiger partial charge in [0.05, 0.1) is 18.8 Å². The van der Waals surface area contributed by atoms with Gasteiger partial charge in [-0.1, -0.05) is 25.4 Å². The number of hydrogen-bond donors (Lipinski definition) is 1. The smallest absolute Gasteiger partial charge is 0.241 e. The van der Waals surface area contributed by atoms with Gasteiger partial charge in [0.1, 0.15) is 17.4 Å². The maximum Gasteiger partial charge on any atom is 0.241 e. The maximum absolute atomic E-state index is 12.9. The van der Waals surface area contributed by atoms with Gasteiger partial charge in [0.2, 0.25) is 5.91 Å². The second-order valence-corrected chi connectivity index (χ2v) is 8.78. The van der Waals surface area contributed by atoms with Crippen LogP contribution in [0.4, 0.5) is 11.5 Å². The molecule has 1 fully saturated rings. The number of anilines is 2. The minimum atomic E-state index is -0.263. The zero-order valence-electron chi connectivity index (χ0n) is 19.2. The molecule has 0 unspecified atom stereocenters. The average molecular weight is 446 g/mol. The van der Waals surface area contributed by atoms with Gasteiger partial charge in [0.15, 0.2) is 0 Å². The Morgan fingerprint density at radius 2 is 1.77 bits per heavy atom. The van der Waals surface area contributed by atoms with Gasteiger partial charge in [0, 0.05) is 54.9 Å². The summed E-state index contributed by atoms with van der Waals surface area (Å²) < 4.78 is 5.37. The van der Waals surface area contributed by atoms with Crippen LogP contribution in [0.15, 0.2) is 18.2 Å². The van der Waals surface area contributed by atoms with E-state index in [1.165, 1.54) is 0 Å². The van der Waals surface area contributed by atoms with Crippen LogP contribution in [0.5, 0.6) is 5.75 Å². The second kappa shape index (κ2) is 9.83. The topological polar surface area (TPSA) is 70.6 Å². The maximum atomic E-state index is 12.9. The highest BCUT2D eigenvalue weighted by Gasteiger charge is 2.27. The molecule has 1 N–H and O–H groups in total. The molecular weight excluding hydrogens is 414 g/mol. The Labute approximate surface area is 189 Å². The first-order valence-electron chi connectivity index (χ1n) is 10.7. The standard InChI is InChI=1S/C23H32ClN5O2/c1-14(2)22-25-16(4)12-21(27-22)29-9-7-28(8-10-29)17(5)23(30)26-19-11-15(3)18(24)13-20(19)31-6/h11-14,17H,7-10H2,1-6H3,(H,26,30)/t17-/m0/s1. The molecule has 1 aliphatic rings. The third-order valence-corrected chi connectivity index (χ3v) is 6.09. The van der Waals surface area contributed by atoms with Crippen LogP contribution in [0.1, 0.15) is 43.8 Å². The van der Waals surface area contributed by atoms with Gasteiger partial charge in [0.25, 0.3) is 0 Å². The van der Waals surface area contributed by atoms with Gasteiger partial charge in [-0.05, 0) is 32.4 Å². The lowest BCUT2D eigenvalue weighted by Gasteiger charge is -2.38. The Morgan fingerprint density at radius 1 is 1.10 bits per heavy atom. The van der Waals surface area contributed by atoms with Gasteiger partial charge < -0.3 is 15.0 Å². The highest BCUT2D eigenvalue weighted by Crippen LogP contribution is 2.31. The molecule has 1 amide bonds. The first-order valence-corrected chi connectivity index (χ1v) is 11.1. The van der Waals surface area contributed by atoms with Crippen molar-refractivity contribution in [3.63, 3.8) is 0 Å². The molecule has 1 aliphatic heterocycles. The fraction of sp³-hybridized carbons (Fsp3) is 0.522. The molecule has 1 aromatic carbocycles. The van der Waals surface area contributed by atoms with E-state index < -0.39 is 0 Å². The normalized spacial score (nSPS) is 15.8. The number of nitrogens with zero attached hydrogens (tertiary/aromatic N) is 4. The Bertz CT molecular complexity index is 942. The Kier molecular flexibility index (Phi) is 7.38. The summed E-state index contributed by atoms with van der Waals surface area (Å²) in [4.78, 5) is 26.7. The molecule has 2 aromatic rings. The van der Waals surface area contributed by atoms with E-state index in [2.05, 4.69) is 33.9 Å². The van der Waals surface area contributed by atoms with E-state index in [0.717, 1.165) is 49.1 Å². The highest BCUT2D eigenvalue weighted by atomic mass is 35.5. The number of methoxy groups -OCH3 is 1. The summed E-state index contributed by atoms with van der Waals surface area (Å²) in [7, 11) is 1.57. The molecule has 7 nitrogen and oxygen atoms in total. The molecule has 0 saturated carbocycles. The number of amides is 1. The molecule has 1 aromatic heterocycles. The summed E-state index contributed by atoms with van der Waals surface area (Å²) in [5.74, 6) is 2.62. The number of carbonyl (C=O) groups is 1. The van der Waals surface area contributed by atoms with Crippen molar-refractivity contribution in [2.75, 3.05) is 43.5 Å². The predicted molar refractivity (Wildman–Crippen MR) is 125 cm³/mol. The molecule has 8 heteroatoms. The fourth-order valence-corrected chi connectivity index (χ4v) is 3.82. The van der Waals surface area contributed by atoms with E-state index in [0.29, 0.717) is 16.5 Å². The molecule has 0 bridgehead atoms. The van der Waals surface area contributed by atoms with Crippen molar-refractivity contribution in [2.24, 2.45) is 0 Å². The van der Waals surface area contributed by atoms with Gasteiger partial charge in [-0.15, -0.1) is 0 Å². The molecule has 0 aliphatic carbocycles. The first kappa shape index (κ1) is 23.3. The van der Waals surface area contributed by atoms with Gasteiger partial charge in [-0.3, -0.25) is 9.69 Å². The first-order chi connectivity index (χ1) is 14.7. The van der Waals surface area contributed by atoms with Crippen molar-refractivity contribution in [3.05, 3.63) is 40.3 Å². The Hall–Kier alpha value is -2.38. The van der Waals surface area contributed by atoms with E-state index in [1.54, 1.807) is 13.2 Å². The zero-order chi connectivity index (χ0) is 22.7. The largest absolute Gasteiger partial charge is 0.495 e. The predicted octanol–water partition coefficient (Wildman–Crippen LogP) is 4.03. The molecule has 0 spiro atoms. The van der Waals surface area contributed by atoms with Crippen molar-refractivity contribution >= 4 is 29.0 Å². The minimum Gasteiger partial charge on any atom is -0.495 e. The van der Waals surface area contributed by atoms with Gasteiger partial charge >= 0.3 is 0 Å². The number of benzene rings is 1. The number of carbonyl (C=O) groups excluding carboxylic acids is 1. The summed E-state index contributed by atoms with van der Waals surface area (Å²) in [5, 5.41) is 3.61. The van der Waals surface area contributed by atoms with E-state index in [-0.39, 0.29) is 17.9 Å².